The van der Waals surface area contributed by atoms with Gasteiger partial charge in [-0.2, -0.15) is 0 Å². The summed E-state index contributed by atoms with van der Waals surface area (Å²) in [6, 6.07) is 0. The fourth-order valence-corrected chi connectivity index (χ4v) is 1.88. The van der Waals surface area contributed by atoms with Gasteiger partial charge in [0.05, 0.1) is 6.61 Å². The maximum absolute atomic E-state index is 10.1. The minimum Gasteiger partial charge on any atom is -0.450 e. The summed E-state index contributed by atoms with van der Waals surface area (Å²) in [5, 5.41) is 8.36. The molecular weight excluding hydrogens is 180 g/mol. The van der Waals surface area contributed by atoms with Crippen LogP contribution in [0.5, 0.6) is 0 Å². The third-order valence-corrected chi connectivity index (χ3v) is 2.81. The third-order valence-electron chi connectivity index (χ3n) is 2.24. The zero-order chi connectivity index (χ0) is 8.97. The van der Waals surface area contributed by atoms with E-state index in [0.29, 0.717) is 0 Å². The summed E-state index contributed by atoms with van der Waals surface area (Å²) in [6.45, 7) is 0.253. The van der Waals surface area contributed by atoms with Crippen LogP contribution >= 0.6 is 11.6 Å². The van der Waals surface area contributed by atoms with Crippen molar-refractivity contribution in [2.45, 2.75) is 31.1 Å². The van der Waals surface area contributed by atoms with E-state index in [1.165, 1.54) is 0 Å². The van der Waals surface area contributed by atoms with Gasteiger partial charge in [-0.15, -0.1) is 11.6 Å². The average Bonchev–Trinajstić information content (AvgIpc) is 2.03. The van der Waals surface area contributed by atoms with Crippen LogP contribution in [0.2, 0.25) is 0 Å². The molecule has 0 heterocycles. The first-order valence-corrected chi connectivity index (χ1v) is 4.63. The van der Waals surface area contributed by atoms with Crippen LogP contribution in [0.15, 0.2) is 0 Å². The van der Waals surface area contributed by atoms with Gasteiger partial charge in [-0.25, -0.2) is 4.79 Å². The lowest BCUT2D eigenvalue weighted by Gasteiger charge is -2.25. The minimum absolute atomic E-state index is 0.0955. The maximum atomic E-state index is 10.1. The molecule has 70 valence electrons. The summed E-state index contributed by atoms with van der Waals surface area (Å²) in [5.41, 5.74) is 0. The smallest absolute Gasteiger partial charge is 0.450 e. The highest BCUT2D eigenvalue weighted by Crippen LogP contribution is 2.28. The van der Waals surface area contributed by atoms with Crippen molar-refractivity contribution in [1.82, 2.24) is 0 Å². The average molecular weight is 193 g/mol. The number of rotatable bonds is 2. The van der Waals surface area contributed by atoms with Gasteiger partial charge in [-0.1, -0.05) is 12.8 Å². The highest BCUT2D eigenvalue weighted by Gasteiger charge is 2.24. The van der Waals surface area contributed by atoms with E-state index in [2.05, 4.69) is 4.74 Å². The first-order chi connectivity index (χ1) is 5.70. The summed E-state index contributed by atoms with van der Waals surface area (Å²) < 4.78 is 4.48. The highest BCUT2D eigenvalue weighted by molar-refractivity contribution is 6.20. The van der Waals surface area contributed by atoms with Gasteiger partial charge in [0.25, 0.3) is 0 Å². The Morgan fingerprint density at radius 1 is 1.50 bits per heavy atom. The third kappa shape index (κ3) is 2.89. The first kappa shape index (κ1) is 9.65. The van der Waals surface area contributed by atoms with Crippen molar-refractivity contribution < 1.29 is 14.6 Å². The minimum atomic E-state index is -1.20. The molecule has 1 fully saturated rings. The molecule has 0 saturated heterocycles. The van der Waals surface area contributed by atoms with Crippen molar-refractivity contribution in [3.63, 3.8) is 0 Å². The van der Waals surface area contributed by atoms with E-state index in [0.717, 1.165) is 25.7 Å². The van der Waals surface area contributed by atoms with Gasteiger partial charge in [0.2, 0.25) is 0 Å². The molecule has 0 aliphatic heterocycles. The fourth-order valence-electron chi connectivity index (χ4n) is 1.53. The van der Waals surface area contributed by atoms with Gasteiger partial charge in [-0.05, 0) is 12.8 Å². The van der Waals surface area contributed by atoms with Gasteiger partial charge in [0.1, 0.15) is 0 Å². The summed E-state index contributed by atoms with van der Waals surface area (Å²) >= 11 is 5.99. The first-order valence-electron chi connectivity index (χ1n) is 4.20. The maximum Gasteiger partial charge on any atom is 0.505 e. The van der Waals surface area contributed by atoms with Crippen LogP contribution in [0.4, 0.5) is 4.79 Å². The van der Waals surface area contributed by atoms with Crippen LogP contribution in [0.3, 0.4) is 0 Å². The van der Waals surface area contributed by atoms with E-state index in [4.69, 9.17) is 16.7 Å². The second-order valence-corrected chi connectivity index (χ2v) is 3.70. The molecule has 0 aromatic heterocycles. The normalized spacial score (nSPS) is 29.8. The molecule has 0 bridgehead atoms. The van der Waals surface area contributed by atoms with Crippen LogP contribution in [0.1, 0.15) is 25.7 Å². The number of hydrogen-bond donors (Lipinski definition) is 1. The van der Waals surface area contributed by atoms with Crippen LogP contribution < -0.4 is 0 Å². The Balaban J connectivity index is 2.24. The molecule has 0 aromatic carbocycles. The molecule has 2 atom stereocenters. The number of carbonyl (C=O) groups is 1. The molecule has 1 aliphatic rings. The van der Waals surface area contributed by atoms with E-state index < -0.39 is 6.16 Å². The van der Waals surface area contributed by atoms with Gasteiger partial charge >= 0.3 is 6.16 Å². The number of carboxylic acid groups (broad SMARTS) is 1. The second-order valence-electron chi connectivity index (χ2n) is 3.14. The van der Waals surface area contributed by atoms with Gasteiger partial charge < -0.3 is 9.84 Å². The monoisotopic (exact) mass is 192 g/mol. The molecule has 1 saturated carbocycles. The molecule has 3 nitrogen and oxygen atoms in total. The molecular formula is C8H13ClO3. The standard InChI is InChI=1S/C8H13ClO3/c9-7-4-2-1-3-6(7)5-12-8(10)11/h6-7H,1-5H2,(H,10,11)/t6-,7+/m0/s1. The molecule has 0 spiro atoms. The Morgan fingerprint density at radius 3 is 2.75 bits per heavy atom. The number of ether oxygens (including phenoxy) is 1. The zero-order valence-electron chi connectivity index (χ0n) is 6.83. The summed E-state index contributed by atoms with van der Waals surface area (Å²) in [6.07, 6.45) is 3.05. The van der Waals surface area contributed by atoms with Crippen molar-refractivity contribution in [1.29, 1.82) is 0 Å². The molecule has 1 aliphatic carbocycles. The fraction of sp³-hybridized carbons (Fsp3) is 0.875. The van der Waals surface area contributed by atoms with Crippen LogP contribution in [-0.4, -0.2) is 23.2 Å². The predicted molar refractivity (Wildman–Crippen MR) is 45.6 cm³/mol. The van der Waals surface area contributed by atoms with Crippen LogP contribution in [0, 0.1) is 5.92 Å². The molecule has 0 unspecified atom stereocenters. The van der Waals surface area contributed by atoms with Crippen LogP contribution in [-0.2, 0) is 4.74 Å². The molecule has 0 radical (unpaired) electrons. The quantitative estimate of drug-likeness (QED) is 0.540. The Morgan fingerprint density at radius 2 is 2.17 bits per heavy atom. The lowest BCUT2D eigenvalue weighted by atomic mass is 9.89. The molecule has 0 aromatic rings. The van der Waals surface area contributed by atoms with Crippen molar-refractivity contribution in [3.05, 3.63) is 0 Å². The van der Waals surface area contributed by atoms with Crippen molar-refractivity contribution in [3.8, 4) is 0 Å². The van der Waals surface area contributed by atoms with E-state index in [9.17, 15) is 4.79 Å². The zero-order valence-corrected chi connectivity index (χ0v) is 7.59. The van der Waals surface area contributed by atoms with Gasteiger partial charge in [0.15, 0.2) is 0 Å². The van der Waals surface area contributed by atoms with E-state index in [1.54, 1.807) is 0 Å². The van der Waals surface area contributed by atoms with Crippen molar-refractivity contribution in [2.75, 3.05) is 6.61 Å². The second kappa shape index (κ2) is 4.55. The molecule has 12 heavy (non-hydrogen) atoms. The Labute approximate surface area is 76.7 Å². The molecule has 4 heteroatoms. The summed E-state index contributed by atoms with van der Waals surface area (Å²) in [4.78, 5) is 10.1. The summed E-state index contributed by atoms with van der Waals surface area (Å²) in [7, 11) is 0. The van der Waals surface area contributed by atoms with Crippen molar-refractivity contribution >= 4 is 17.8 Å². The lowest BCUT2D eigenvalue weighted by Crippen LogP contribution is -2.25. The van der Waals surface area contributed by atoms with Crippen molar-refractivity contribution in [2.24, 2.45) is 5.92 Å². The Hall–Kier alpha value is -0.440. The molecule has 0 amide bonds. The van der Waals surface area contributed by atoms with Gasteiger partial charge in [-0.3, -0.25) is 0 Å². The van der Waals surface area contributed by atoms with Gasteiger partial charge in [0, 0.05) is 11.3 Å². The number of halogens is 1. The number of alkyl halides is 1. The Kier molecular flexibility index (Phi) is 3.66. The Bertz CT molecular complexity index is 160. The largest absolute Gasteiger partial charge is 0.505 e. The molecule has 1 rings (SSSR count). The lowest BCUT2D eigenvalue weighted by molar-refractivity contribution is 0.0711. The summed E-state index contributed by atoms with van der Waals surface area (Å²) in [5.74, 6) is 0.219. The topological polar surface area (TPSA) is 46.5 Å². The highest BCUT2D eigenvalue weighted by atomic mass is 35.5. The van der Waals surface area contributed by atoms with Crippen LogP contribution in [0.25, 0.3) is 0 Å². The van der Waals surface area contributed by atoms with E-state index in [1.807, 2.05) is 0 Å². The number of hydrogen-bond acceptors (Lipinski definition) is 2. The van der Waals surface area contributed by atoms with E-state index in [-0.39, 0.29) is 17.9 Å². The molecule has 1 N–H and O–H groups in total. The SMILES string of the molecule is O=C(O)OC[C@@H]1CCCC[C@H]1Cl. The predicted octanol–water partition coefficient (Wildman–Crippen LogP) is 2.48. The van der Waals surface area contributed by atoms with E-state index >= 15 is 0 Å².